The summed E-state index contributed by atoms with van der Waals surface area (Å²) < 4.78 is 5.59. The minimum Gasteiger partial charge on any atom is -0.457 e. The number of esters is 1. The Balaban J connectivity index is 2.94. The molecular weight excluding hydrogens is 322 g/mol. The van der Waals surface area contributed by atoms with E-state index in [9.17, 15) is 4.79 Å². The van der Waals surface area contributed by atoms with Crippen LogP contribution in [0.5, 0.6) is 0 Å². The summed E-state index contributed by atoms with van der Waals surface area (Å²) in [6.07, 6.45) is 1.99. The van der Waals surface area contributed by atoms with Gasteiger partial charge in [-0.3, -0.25) is 0 Å². The van der Waals surface area contributed by atoms with Crippen LogP contribution in [-0.2, 0) is 16.1 Å². The number of hydrogen-bond donors (Lipinski definition) is 1. The van der Waals surface area contributed by atoms with Gasteiger partial charge in [0.2, 0.25) is 0 Å². The molecule has 26 heavy (non-hydrogen) atoms. The van der Waals surface area contributed by atoms with E-state index in [0.717, 1.165) is 24.0 Å². The van der Waals surface area contributed by atoms with E-state index < -0.39 is 0 Å². The van der Waals surface area contributed by atoms with Crippen LogP contribution >= 0.6 is 0 Å². The van der Waals surface area contributed by atoms with Crippen LogP contribution in [-0.4, -0.2) is 12.0 Å². The van der Waals surface area contributed by atoms with Gasteiger partial charge in [-0.15, -0.1) is 0 Å². The maximum Gasteiger partial charge on any atom is 0.340 e. The van der Waals surface area contributed by atoms with Crippen molar-refractivity contribution >= 4 is 5.97 Å². The van der Waals surface area contributed by atoms with E-state index >= 15 is 0 Å². The Hall–Kier alpha value is -2.03. The van der Waals surface area contributed by atoms with Crippen molar-refractivity contribution in [3.8, 4) is 0 Å². The van der Waals surface area contributed by atoms with Crippen molar-refractivity contribution in [2.24, 2.45) is 11.8 Å². The molecule has 2 unspecified atom stereocenters. The molecule has 0 spiro atoms. The number of ether oxygens (including phenoxy) is 1. The average molecular weight is 358 g/mol. The summed E-state index contributed by atoms with van der Waals surface area (Å²) in [4.78, 5) is 12.8. The van der Waals surface area contributed by atoms with Gasteiger partial charge in [0.05, 0.1) is 5.57 Å². The predicted octanol–water partition coefficient (Wildman–Crippen LogP) is 5.63. The molecule has 1 aromatic carbocycles. The Morgan fingerprint density at radius 1 is 1.15 bits per heavy atom. The summed E-state index contributed by atoms with van der Waals surface area (Å²) in [7, 11) is 0. The van der Waals surface area contributed by atoms with Crippen LogP contribution in [0.3, 0.4) is 0 Å². The van der Waals surface area contributed by atoms with Crippen molar-refractivity contribution in [1.82, 2.24) is 5.32 Å². The second-order valence-corrected chi connectivity index (χ2v) is 7.58. The van der Waals surface area contributed by atoms with E-state index in [4.69, 9.17) is 4.74 Å². The van der Waals surface area contributed by atoms with Crippen LogP contribution in [0.4, 0.5) is 0 Å². The quantitative estimate of drug-likeness (QED) is 0.335. The largest absolute Gasteiger partial charge is 0.457 e. The predicted molar refractivity (Wildman–Crippen MR) is 110 cm³/mol. The number of carbonyl (C=O) groups excluding carboxylic acids is 1. The van der Waals surface area contributed by atoms with E-state index in [1.165, 1.54) is 0 Å². The summed E-state index contributed by atoms with van der Waals surface area (Å²) >= 11 is 0. The molecule has 0 fully saturated rings. The second-order valence-electron chi connectivity index (χ2n) is 7.58. The monoisotopic (exact) mass is 357 g/mol. The summed E-state index contributed by atoms with van der Waals surface area (Å²) in [6, 6.07) is 10.00. The number of carbonyl (C=O) groups is 1. The molecule has 0 bridgehead atoms. The molecule has 0 aliphatic rings. The van der Waals surface area contributed by atoms with Gasteiger partial charge in [0.15, 0.2) is 0 Å². The summed E-state index contributed by atoms with van der Waals surface area (Å²) in [6.45, 7) is 17.2. The molecule has 0 radical (unpaired) electrons. The Labute approximate surface area is 159 Å². The molecule has 0 aromatic heterocycles. The van der Waals surface area contributed by atoms with Crippen molar-refractivity contribution in [2.75, 3.05) is 0 Å². The number of nitrogens with one attached hydrogen (secondary N) is 1. The van der Waals surface area contributed by atoms with Crippen molar-refractivity contribution in [2.45, 2.75) is 67.0 Å². The van der Waals surface area contributed by atoms with Crippen LogP contribution in [0.15, 0.2) is 53.8 Å². The second kappa shape index (κ2) is 10.8. The van der Waals surface area contributed by atoms with E-state index in [1.807, 2.05) is 37.3 Å². The number of rotatable bonds is 10. The first-order valence-electron chi connectivity index (χ1n) is 9.63. The topological polar surface area (TPSA) is 38.3 Å². The molecule has 3 heteroatoms. The lowest BCUT2D eigenvalue weighted by Crippen LogP contribution is -2.30. The smallest absolute Gasteiger partial charge is 0.340 e. The Kier molecular flexibility index (Phi) is 9.18. The van der Waals surface area contributed by atoms with Gasteiger partial charge in [-0.05, 0) is 44.1 Å². The third-order valence-electron chi connectivity index (χ3n) is 4.71. The lowest BCUT2D eigenvalue weighted by molar-refractivity contribution is -0.140. The minimum atomic E-state index is -0.305. The van der Waals surface area contributed by atoms with Crippen molar-refractivity contribution < 1.29 is 9.53 Å². The molecule has 0 saturated heterocycles. The Morgan fingerprint density at radius 3 is 2.31 bits per heavy atom. The first-order chi connectivity index (χ1) is 12.3. The van der Waals surface area contributed by atoms with Crippen LogP contribution < -0.4 is 5.32 Å². The van der Waals surface area contributed by atoms with Gasteiger partial charge in [0.1, 0.15) is 6.61 Å². The fraction of sp³-hybridized carbons (Fsp3) is 0.522. The zero-order valence-electron chi connectivity index (χ0n) is 17.3. The van der Waals surface area contributed by atoms with Crippen LogP contribution in [0.1, 0.15) is 59.9 Å². The Bertz CT molecular complexity index is 616. The summed E-state index contributed by atoms with van der Waals surface area (Å²) in [5.74, 6) is 0.576. The van der Waals surface area contributed by atoms with Gasteiger partial charge in [0, 0.05) is 11.7 Å². The maximum absolute atomic E-state index is 12.8. The molecule has 1 N–H and O–H groups in total. The fourth-order valence-electron chi connectivity index (χ4n) is 3.01. The zero-order valence-corrected chi connectivity index (χ0v) is 17.3. The van der Waals surface area contributed by atoms with Gasteiger partial charge in [-0.25, -0.2) is 4.79 Å². The standard InChI is InChI=1S/C23H35NO2/c1-8-17(4)19(6)22(20(7)24-18(5)14-16(2)3)23(25)26-15-21-12-10-9-11-13-21/h9-13,16-18,24H,7-8,14-15H2,1-6H3/b22-19+. The molecule has 0 heterocycles. The first-order valence-corrected chi connectivity index (χ1v) is 9.63. The van der Waals surface area contributed by atoms with Gasteiger partial charge in [-0.1, -0.05) is 70.2 Å². The number of allylic oxidation sites excluding steroid dienone is 1. The SMILES string of the molecule is C=C(NC(C)CC(C)C)/C(C(=O)OCc1ccccc1)=C(/C)C(C)CC. The average Bonchev–Trinajstić information content (AvgIpc) is 2.59. The van der Waals surface area contributed by atoms with Gasteiger partial charge < -0.3 is 10.1 Å². The van der Waals surface area contributed by atoms with E-state index in [-0.39, 0.29) is 18.6 Å². The molecule has 2 atom stereocenters. The molecule has 0 amide bonds. The van der Waals surface area contributed by atoms with Gasteiger partial charge in [0.25, 0.3) is 0 Å². The zero-order chi connectivity index (χ0) is 19.7. The fourth-order valence-corrected chi connectivity index (χ4v) is 3.01. The molecule has 0 aliphatic carbocycles. The summed E-state index contributed by atoms with van der Waals surface area (Å²) in [5.41, 5.74) is 3.26. The molecule has 0 saturated carbocycles. The molecular formula is C23H35NO2. The third kappa shape index (κ3) is 7.07. The lowest BCUT2D eigenvalue weighted by atomic mass is 9.93. The third-order valence-corrected chi connectivity index (χ3v) is 4.71. The molecule has 1 aromatic rings. The van der Waals surface area contributed by atoms with Crippen LogP contribution in [0, 0.1) is 11.8 Å². The van der Waals surface area contributed by atoms with E-state index in [1.54, 1.807) is 0 Å². The number of benzene rings is 1. The van der Waals surface area contributed by atoms with Crippen molar-refractivity contribution in [3.05, 3.63) is 59.3 Å². The highest BCUT2D eigenvalue weighted by molar-refractivity contribution is 5.94. The highest BCUT2D eigenvalue weighted by Gasteiger charge is 2.22. The van der Waals surface area contributed by atoms with Gasteiger partial charge in [-0.2, -0.15) is 0 Å². The highest BCUT2D eigenvalue weighted by atomic mass is 16.5. The minimum absolute atomic E-state index is 0.254. The van der Waals surface area contributed by atoms with Crippen LogP contribution in [0.25, 0.3) is 0 Å². The molecule has 0 aliphatic heterocycles. The normalized spacial score (nSPS) is 14.4. The van der Waals surface area contributed by atoms with Gasteiger partial charge >= 0.3 is 5.97 Å². The van der Waals surface area contributed by atoms with E-state index in [2.05, 4.69) is 46.5 Å². The maximum atomic E-state index is 12.8. The molecule has 144 valence electrons. The lowest BCUT2D eigenvalue weighted by Gasteiger charge is -2.23. The Morgan fingerprint density at radius 2 is 1.77 bits per heavy atom. The summed E-state index contributed by atoms with van der Waals surface area (Å²) in [5, 5.41) is 3.40. The van der Waals surface area contributed by atoms with E-state index in [0.29, 0.717) is 23.1 Å². The molecule has 3 nitrogen and oxygen atoms in total. The first kappa shape index (κ1) is 22.0. The van der Waals surface area contributed by atoms with Crippen molar-refractivity contribution in [3.63, 3.8) is 0 Å². The van der Waals surface area contributed by atoms with Crippen LogP contribution in [0.2, 0.25) is 0 Å². The van der Waals surface area contributed by atoms with Crippen molar-refractivity contribution in [1.29, 1.82) is 0 Å². The highest BCUT2D eigenvalue weighted by Crippen LogP contribution is 2.24. The molecule has 1 rings (SSSR count). The number of hydrogen-bond acceptors (Lipinski definition) is 3.